The number of nitrogens with zero attached hydrogens (tertiary/aromatic N) is 1. The van der Waals surface area contributed by atoms with E-state index in [9.17, 15) is 14.4 Å². The van der Waals surface area contributed by atoms with Gasteiger partial charge in [0.1, 0.15) is 12.6 Å². The predicted molar refractivity (Wildman–Crippen MR) is 98.6 cm³/mol. The molecule has 1 aromatic rings. The van der Waals surface area contributed by atoms with Crippen LogP contribution >= 0.6 is 0 Å². The highest BCUT2D eigenvalue weighted by Crippen LogP contribution is 2.14. The molecular formula is C19H28N2O6. The van der Waals surface area contributed by atoms with E-state index in [0.717, 1.165) is 10.6 Å². The van der Waals surface area contributed by atoms with Crippen molar-refractivity contribution in [1.82, 2.24) is 10.4 Å². The van der Waals surface area contributed by atoms with Gasteiger partial charge in [-0.25, -0.2) is 14.7 Å². The monoisotopic (exact) mass is 380 g/mol. The van der Waals surface area contributed by atoms with Crippen LogP contribution in [0.25, 0.3) is 0 Å². The highest BCUT2D eigenvalue weighted by atomic mass is 16.7. The van der Waals surface area contributed by atoms with Gasteiger partial charge in [0.15, 0.2) is 5.60 Å². The molecule has 0 bridgehead atoms. The predicted octanol–water partition coefficient (Wildman–Crippen LogP) is 2.58. The van der Waals surface area contributed by atoms with Gasteiger partial charge < -0.3 is 15.2 Å². The topological polar surface area (TPSA) is 105 Å². The highest BCUT2D eigenvalue weighted by Gasteiger charge is 2.34. The Morgan fingerprint density at radius 3 is 2.30 bits per heavy atom. The second-order valence-corrected chi connectivity index (χ2v) is 7.13. The summed E-state index contributed by atoms with van der Waals surface area (Å²) in [6, 6.07) is 8.26. The average molecular weight is 380 g/mol. The number of carboxylic acids is 1. The number of benzene rings is 1. The molecule has 0 unspecified atom stereocenters. The Balaban J connectivity index is 2.71. The molecule has 0 heterocycles. The number of ether oxygens (including phenoxy) is 1. The molecule has 1 rings (SSSR count). The first kappa shape index (κ1) is 22.4. The quantitative estimate of drug-likeness (QED) is 0.638. The molecule has 0 aromatic heterocycles. The molecule has 0 aliphatic heterocycles. The molecule has 150 valence electrons. The number of alkyl carbamates (subject to hydrolysis) is 1. The number of hydrogen-bond donors (Lipinski definition) is 2. The van der Waals surface area contributed by atoms with E-state index in [1.807, 2.05) is 44.2 Å². The highest BCUT2D eigenvalue weighted by molar-refractivity contribution is 5.85. The molecule has 1 atom stereocenters. The Morgan fingerprint density at radius 1 is 1.19 bits per heavy atom. The number of amides is 2. The van der Waals surface area contributed by atoms with Crippen LogP contribution in [-0.4, -0.2) is 46.8 Å². The summed E-state index contributed by atoms with van der Waals surface area (Å²) in [5.41, 5.74) is -0.760. The standard InChI is InChI=1S/C19H28N2O6/c1-13(2)11-15(16(22)21(5)27-19(3,4)17(23)24)20-18(25)26-12-14-9-7-6-8-10-14/h6-10,13,15H,11-12H2,1-5H3,(H,20,25)(H,23,24)/t15-/m0/s1. The Kier molecular flexibility index (Phi) is 8.24. The van der Waals surface area contributed by atoms with E-state index in [1.165, 1.54) is 20.9 Å². The van der Waals surface area contributed by atoms with E-state index in [4.69, 9.17) is 14.7 Å². The van der Waals surface area contributed by atoms with Crippen molar-refractivity contribution >= 4 is 18.0 Å². The molecule has 2 amide bonds. The average Bonchev–Trinajstić information content (AvgIpc) is 2.58. The molecule has 0 saturated carbocycles. The Bertz CT molecular complexity index is 645. The van der Waals surface area contributed by atoms with Crippen molar-refractivity contribution in [3.63, 3.8) is 0 Å². The van der Waals surface area contributed by atoms with Crippen molar-refractivity contribution in [2.75, 3.05) is 7.05 Å². The molecule has 2 N–H and O–H groups in total. The minimum Gasteiger partial charge on any atom is -0.479 e. The SMILES string of the molecule is CC(C)C[C@H](NC(=O)OCc1ccccc1)C(=O)N(C)OC(C)(C)C(=O)O. The van der Waals surface area contributed by atoms with Gasteiger partial charge in [-0.1, -0.05) is 44.2 Å². The van der Waals surface area contributed by atoms with Crippen LogP contribution in [0.5, 0.6) is 0 Å². The fourth-order valence-corrected chi connectivity index (χ4v) is 2.25. The normalized spacial score (nSPS) is 12.4. The molecule has 27 heavy (non-hydrogen) atoms. The minimum absolute atomic E-state index is 0.0770. The summed E-state index contributed by atoms with van der Waals surface area (Å²) in [6.45, 7) is 6.54. The number of likely N-dealkylation sites (N-methyl/N-ethyl adjacent to an activating group) is 1. The lowest BCUT2D eigenvalue weighted by molar-refractivity contribution is -0.229. The first-order chi connectivity index (χ1) is 12.5. The number of rotatable bonds is 9. The van der Waals surface area contributed by atoms with Gasteiger partial charge in [0, 0.05) is 7.05 Å². The summed E-state index contributed by atoms with van der Waals surface area (Å²) < 4.78 is 5.15. The van der Waals surface area contributed by atoms with E-state index in [2.05, 4.69) is 5.32 Å². The first-order valence-electron chi connectivity index (χ1n) is 8.70. The van der Waals surface area contributed by atoms with Crippen molar-refractivity contribution in [2.45, 2.75) is 52.4 Å². The van der Waals surface area contributed by atoms with Gasteiger partial charge in [0.2, 0.25) is 0 Å². The second kappa shape index (κ2) is 9.91. The van der Waals surface area contributed by atoms with E-state index in [0.29, 0.717) is 6.42 Å². The molecular weight excluding hydrogens is 352 g/mol. The van der Waals surface area contributed by atoms with Crippen LogP contribution in [0.4, 0.5) is 4.79 Å². The zero-order valence-corrected chi connectivity index (χ0v) is 16.4. The number of carboxylic acid groups (broad SMARTS) is 1. The van der Waals surface area contributed by atoms with Gasteiger partial charge in [0.05, 0.1) is 0 Å². The summed E-state index contributed by atoms with van der Waals surface area (Å²) in [5.74, 6) is -1.67. The van der Waals surface area contributed by atoms with Gasteiger partial charge >= 0.3 is 12.1 Å². The third kappa shape index (κ3) is 7.65. The molecule has 1 aromatic carbocycles. The van der Waals surface area contributed by atoms with Crippen LogP contribution in [0, 0.1) is 5.92 Å². The second-order valence-electron chi connectivity index (χ2n) is 7.13. The molecule has 0 spiro atoms. The summed E-state index contributed by atoms with van der Waals surface area (Å²) in [5, 5.41) is 12.5. The van der Waals surface area contributed by atoms with Crippen LogP contribution in [0.2, 0.25) is 0 Å². The number of carbonyl (C=O) groups excluding carboxylic acids is 2. The summed E-state index contributed by atoms with van der Waals surface area (Å²) in [7, 11) is 1.32. The molecule has 0 saturated heterocycles. The zero-order chi connectivity index (χ0) is 20.6. The van der Waals surface area contributed by atoms with E-state index in [1.54, 1.807) is 0 Å². The van der Waals surface area contributed by atoms with Crippen molar-refractivity contribution in [1.29, 1.82) is 0 Å². The fourth-order valence-electron chi connectivity index (χ4n) is 2.25. The lowest BCUT2D eigenvalue weighted by Gasteiger charge is -2.29. The van der Waals surface area contributed by atoms with Crippen molar-refractivity contribution in [3.8, 4) is 0 Å². The van der Waals surface area contributed by atoms with Crippen LogP contribution in [0.3, 0.4) is 0 Å². The molecule has 0 radical (unpaired) electrons. The van der Waals surface area contributed by atoms with Gasteiger partial charge in [-0.2, -0.15) is 0 Å². The first-order valence-corrected chi connectivity index (χ1v) is 8.70. The molecule has 0 aliphatic carbocycles. The van der Waals surface area contributed by atoms with Crippen LogP contribution in [0.15, 0.2) is 30.3 Å². The Morgan fingerprint density at radius 2 is 1.78 bits per heavy atom. The van der Waals surface area contributed by atoms with Crippen molar-refractivity contribution < 1.29 is 29.1 Å². The zero-order valence-electron chi connectivity index (χ0n) is 16.4. The summed E-state index contributed by atoms with van der Waals surface area (Å²) >= 11 is 0. The van der Waals surface area contributed by atoms with Gasteiger partial charge in [-0.3, -0.25) is 9.63 Å². The maximum atomic E-state index is 12.6. The fraction of sp³-hybridized carbons (Fsp3) is 0.526. The molecule has 0 aliphatic rings. The van der Waals surface area contributed by atoms with E-state index in [-0.39, 0.29) is 12.5 Å². The van der Waals surface area contributed by atoms with Crippen LogP contribution in [-0.2, 0) is 25.8 Å². The van der Waals surface area contributed by atoms with Crippen molar-refractivity contribution in [3.05, 3.63) is 35.9 Å². The van der Waals surface area contributed by atoms with Crippen LogP contribution < -0.4 is 5.32 Å². The number of nitrogens with one attached hydrogen (secondary N) is 1. The molecule has 0 fully saturated rings. The maximum absolute atomic E-state index is 12.6. The smallest absolute Gasteiger partial charge is 0.408 e. The lowest BCUT2D eigenvalue weighted by atomic mass is 10.0. The Hall–Kier alpha value is -2.61. The van der Waals surface area contributed by atoms with Gasteiger partial charge in [-0.15, -0.1) is 0 Å². The minimum atomic E-state index is -1.58. The van der Waals surface area contributed by atoms with Crippen LogP contribution in [0.1, 0.15) is 39.7 Å². The van der Waals surface area contributed by atoms with Gasteiger partial charge in [0.25, 0.3) is 5.91 Å². The third-order valence-corrected chi connectivity index (χ3v) is 3.70. The number of aliphatic carboxylic acids is 1. The number of carbonyl (C=O) groups is 3. The maximum Gasteiger partial charge on any atom is 0.408 e. The van der Waals surface area contributed by atoms with Gasteiger partial charge in [-0.05, 0) is 31.7 Å². The van der Waals surface area contributed by atoms with E-state index < -0.39 is 29.6 Å². The number of hydroxylamine groups is 2. The van der Waals surface area contributed by atoms with E-state index >= 15 is 0 Å². The third-order valence-electron chi connectivity index (χ3n) is 3.70. The largest absolute Gasteiger partial charge is 0.479 e. The number of hydrogen-bond acceptors (Lipinski definition) is 5. The summed E-state index contributed by atoms with van der Waals surface area (Å²) in [6.07, 6.45) is -0.385. The van der Waals surface area contributed by atoms with Crippen molar-refractivity contribution in [2.24, 2.45) is 5.92 Å². The Labute approximate surface area is 159 Å². The molecule has 8 nitrogen and oxygen atoms in total. The molecule has 8 heteroatoms. The summed E-state index contributed by atoms with van der Waals surface area (Å²) in [4.78, 5) is 41.1. The lowest BCUT2D eigenvalue weighted by Crippen LogP contribution is -2.51.